The third-order valence-electron chi connectivity index (χ3n) is 6.63. The minimum absolute atomic E-state index is 0.187. The maximum Gasteiger partial charge on any atom is 0.0354 e. The van der Waals surface area contributed by atoms with Crippen molar-refractivity contribution in [2.75, 3.05) is 7.05 Å². The van der Waals surface area contributed by atoms with E-state index in [4.69, 9.17) is 0 Å². The highest BCUT2D eigenvalue weighted by Gasteiger charge is 2.46. The molecule has 1 nitrogen and oxygen atoms in total. The summed E-state index contributed by atoms with van der Waals surface area (Å²) in [6.07, 6.45) is 16.5. The summed E-state index contributed by atoms with van der Waals surface area (Å²) in [5, 5.41) is 3.47. The molecule has 4 rings (SSSR count). The van der Waals surface area contributed by atoms with Crippen LogP contribution in [0, 0.1) is 11.8 Å². The first-order valence-corrected chi connectivity index (χ1v) is 13.3. The second-order valence-corrected chi connectivity index (χ2v) is 8.69. The summed E-state index contributed by atoms with van der Waals surface area (Å²) in [6, 6.07) is 18.2. The number of hydrogen-bond acceptors (Lipinski definition) is 1. The zero-order valence-electron chi connectivity index (χ0n) is 22.9. The fourth-order valence-electron chi connectivity index (χ4n) is 4.49. The van der Waals surface area contributed by atoms with Gasteiger partial charge in [0.2, 0.25) is 0 Å². The molecule has 0 aliphatic heterocycles. The lowest BCUT2D eigenvalue weighted by atomic mass is 9.87. The molecule has 35 heavy (non-hydrogen) atoms. The van der Waals surface area contributed by atoms with Crippen LogP contribution in [0.5, 0.6) is 0 Å². The van der Waals surface area contributed by atoms with Gasteiger partial charge < -0.3 is 5.32 Å². The Labute approximate surface area is 215 Å². The van der Waals surface area contributed by atoms with Crippen LogP contribution in [0.25, 0.3) is 16.7 Å². The Morgan fingerprint density at radius 3 is 2.20 bits per heavy atom. The van der Waals surface area contributed by atoms with Crippen molar-refractivity contribution in [3.8, 4) is 11.1 Å². The highest BCUT2D eigenvalue weighted by molar-refractivity contribution is 5.80. The van der Waals surface area contributed by atoms with Gasteiger partial charge in [-0.1, -0.05) is 125 Å². The fraction of sp³-hybridized carbons (Fsp3) is 0.353. The van der Waals surface area contributed by atoms with E-state index in [1.165, 1.54) is 34.2 Å². The number of fused-ring (bicyclic) bond motifs is 1. The molecule has 1 heteroatoms. The van der Waals surface area contributed by atoms with Crippen LogP contribution in [0.1, 0.15) is 65.0 Å². The quantitative estimate of drug-likeness (QED) is 0.362. The van der Waals surface area contributed by atoms with Crippen LogP contribution in [-0.4, -0.2) is 13.1 Å². The first-order chi connectivity index (χ1) is 17.1. The predicted octanol–water partition coefficient (Wildman–Crippen LogP) is 9.38. The second kappa shape index (κ2) is 14.5. The maximum atomic E-state index is 3.84. The molecule has 0 aromatic heterocycles. The summed E-state index contributed by atoms with van der Waals surface area (Å²) < 4.78 is 0. The average molecular weight is 468 g/mol. The second-order valence-electron chi connectivity index (χ2n) is 8.69. The number of likely N-dealkylation sites (N-methyl/N-ethyl adjacent to an activating group) is 1. The van der Waals surface area contributed by atoms with Crippen LogP contribution in [0.15, 0.2) is 103 Å². The third kappa shape index (κ3) is 7.29. The summed E-state index contributed by atoms with van der Waals surface area (Å²) in [5.41, 5.74) is 8.08. The topological polar surface area (TPSA) is 12.0 Å². The molecule has 3 unspecified atom stereocenters. The first kappa shape index (κ1) is 28.3. The normalized spacial score (nSPS) is 19.9. The zero-order chi connectivity index (χ0) is 25.8. The highest BCUT2D eigenvalue weighted by atomic mass is 14.9. The average Bonchev–Trinajstić information content (AvgIpc) is 3.56. The number of benzene rings is 2. The summed E-state index contributed by atoms with van der Waals surface area (Å²) in [5.74, 6) is 1.93. The third-order valence-corrected chi connectivity index (χ3v) is 6.63. The molecule has 0 amide bonds. The lowest BCUT2D eigenvalue weighted by Gasteiger charge is -2.23. The van der Waals surface area contributed by atoms with Gasteiger partial charge in [-0.25, -0.2) is 0 Å². The van der Waals surface area contributed by atoms with Crippen LogP contribution in [0.3, 0.4) is 0 Å². The van der Waals surface area contributed by atoms with Gasteiger partial charge in [-0.05, 0) is 73.0 Å². The first-order valence-electron chi connectivity index (χ1n) is 13.3. The predicted molar refractivity (Wildman–Crippen MR) is 158 cm³/mol. The van der Waals surface area contributed by atoms with Gasteiger partial charge in [0.1, 0.15) is 0 Å². The van der Waals surface area contributed by atoms with E-state index in [-0.39, 0.29) is 12.0 Å². The Balaban J connectivity index is 0.00000103. The standard InChI is InChI=1S/C30H33N.2C2H6/c1-5-7-14-30(31-4)27(16-15-21(3)6-2)24-12-8-10-22(17-24)23-11-9-13-25(18-23)28-19-26-20-29(26)28;2*1-2/h5-19,26-27,29-31H,1,20H2,2-4H3;2*1-2H3/b14-7-,16-15-,21-6-;;/t26-,27?,29?,30?;;/m1../s1. The molecule has 0 bridgehead atoms. The van der Waals surface area contributed by atoms with E-state index in [0.717, 1.165) is 11.8 Å². The number of rotatable bonds is 9. The highest BCUT2D eigenvalue weighted by Crippen LogP contribution is 2.58. The summed E-state index contributed by atoms with van der Waals surface area (Å²) in [7, 11) is 2.02. The molecule has 186 valence electrons. The van der Waals surface area contributed by atoms with Crippen LogP contribution in [0.4, 0.5) is 0 Å². The van der Waals surface area contributed by atoms with E-state index in [1.807, 2.05) is 46.9 Å². The summed E-state index contributed by atoms with van der Waals surface area (Å²) >= 11 is 0. The monoisotopic (exact) mass is 467 g/mol. The molecule has 2 aromatic rings. The molecular weight excluding hydrogens is 422 g/mol. The van der Waals surface area contributed by atoms with Gasteiger partial charge in [-0.3, -0.25) is 0 Å². The van der Waals surface area contributed by atoms with Crippen LogP contribution >= 0.6 is 0 Å². The van der Waals surface area contributed by atoms with Gasteiger partial charge >= 0.3 is 0 Å². The van der Waals surface area contributed by atoms with E-state index < -0.39 is 0 Å². The van der Waals surface area contributed by atoms with Crippen molar-refractivity contribution in [1.82, 2.24) is 5.32 Å². The Bertz CT molecular complexity index is 1070. The molecule has 2 aliphatic carbocycles. The molecule has 1 saturated carbocycles. The van der Waals surface area contributed by atoms with Crippen molar-refractivity contribution in [2.45, 2.75) is 59.9 Å². The van der Waals surface area contributed by atoms with Gasteiger partial charge in [-0.2, -0.15) is 0 Å². The van der Waals surface area contributed by atoms with Gasteiger partial charge in [-0.15, -0.1) is 0 Å². The van der Waals surface area contributed by atoms with Crippen molar-refractivity contribution < 1.29 is 0 Å². The summed E-state index contributed by atoms with van der Waals surface area (Å²) in [6.45, 7) is 16.1. The van der Waals surface area contributed by atoms with E-state index in [9.17, 15) is 0 Å². The Hall–Kier alpha value is -2.90. The molecule has 4 atom stereocenters. The maximum absolute atomic E-state index is 3.84. The van der Waals surface area contributed by atoms with Gasteiger partial charge in [0.25, 0.3) is 0 Å². The van der Waals surface area contributed by atoms with E-state index >= 15 is 0 Å². The molecule has 0 saturated heterocycles. The van der Waals surface area contributed by atoms with E-state index in [2.05, 4.69) is 105 Å². The van der Waals surface area contributed by atoms with Crippen molar-refractivity contribution in [1.29, 1.82) is 0 Å². The Morgan fingerprint density at radius 2 is 1.63 bits per heavy atom. The zero-order valence-corrected chi connectivity index (χ0v) is 22.9. The summed E-state index contributed by atoms with van der Waals surface area (Å²) in [4.78, 5) is 0. The van der Waals surface area contributed by atoms with E-state index in [0.29, 0.717) is 0 Å². The minimum atomic E-state index is 0.187. The molecule has 2 aliphatic rings. The molecular formula is C34H45N. The molecule has 1 N–H and O–H groups in total. The van der Waals surface area contributed by atoms with Crippen molar-refractivity contribution >= 4 is 5.57 Å². The van der Waals surface area contributed by atoms with Gasteiger partial charge in [0.15, 0.2) is 0 Å². The van der Waals surface area contributed by atoms with E-state index in [1.54, 1.807) is 5.57 Å². The molecule has 0 heterocycles. The van der Waals surface area contributed by atoms with Gasteiger partial charge in [0.05, 0.1) is 0 Å². The Kier molecular flexibility index (Phi) is 11.7. The largest absolute Gasteiger partial charge is 0.313 e. The van der Waals surface area contributed by atoms with Crippen molar-refractivity contribution in [2.24, 2.45) is 11.8 Å². The Morgan fingerprint density at radius 1 is 0.971 bits per heavy atom. The van der Waals surface area contributed by atoms with Crippen LogP contribution in [-0.2, 0) is 0 Å². The van der Waals surface area contributed by atoms with Gasteiger partial charge in [0, 0.05) is 12.0 Å². The molecule has 0 spiro atoms. The minimum Gasteiger partial charge on any atom is -0.313 e. The lowest BCUT2D eigenvalue weighted by molar-refractivity contribution is 0.608. The number of hydrogen-bond donors (Lipinski definition) is 1. The van der Waals surface area contributed by atoms with Crippen LogP contribution < -0.4 is 5.32 Å². The van der Waals surface area contributed by atoms with Crippen LogP contribution in [0.2, 0.25) is 0 Å². The molecule has 2 aromatic carbocycles. The smallest absolute Gasteiger partial charge is 0.0354 e. The van der Waals surface area contributed by atoms with Crippen molar-refractivity contribution in [3.05, 3.63) is 114 Å². The SMILES string of the molecule is C=C/C=C\C(NC)C(/C=C\C(C)=C/C)c1cccc(-c2cccc(C3=C[C@@H]4CC34)c2)c1.CC.CC. The number of allylic oxidation sites excluding steroid dienone is 7. The molecule has 1 fully saturated rings. The fourth-order valence-corrected chi connectivity index (χ4v) is 4.49. The van der Waals surface area contributed by atoms with Crippen molar-refractivity contribution in [3.63, 3.8) is 0 Å². The molecule has 0 radical (unpaired) electrons. The lowest BCUT2D eigenvalue weighted by Crippen LogP contribution is -2.29. The number of nitrogens with one attached hydrogen (secondary N) is 1.